The summed E-state index contributed by atoms with van der Waals surface area (Å²) in [5.74, 6) is 0.492. The number of benzene rings is 4. The summed E-state index contributed by atoms with van der Waals surface area (Å²) in [5.41, 5.74) is 5.10. The molecular formula is C34H28Cl2N4O2. The average molecular weight is 596 g/mol. The van der Waals surface area contributed by atoms with E-state index in [1.165, 1.54) is 0 Å². The van der Waals surface area contributed by atoms with Crippen LogP contribution < -0.4 is 9.64 Å². The van der Waals surface area contributed by atoms with E-state index in [1.54, 1.807) is 17.0 Å². The second kappa shape index (κ2) is 10.5. The number of rotatable bonds is 6. The second-order valence-corrected chi connectivity index (χ2v) is 11.5. The highest BCUT2D eigenvalue weighted by Gasteiger charge is 2.44. The molecule has 2 aliphatic rings. The van der Waals surface area contributed by atoms with E-state index in [1.807, 2.05) is 29.4 Å². The number of nitrogens with zero attached hydrogens (tertiary/aromatic N) is 4. The van der Waals surface area contributed by atoms with Gasteiger partial charge >= 0.3 is 6.03 Å². The van der Waals surface area contributed by atoms with Crippen molar-refractivity contribution in [3.63, 3.8) is 0 Å². The molecule has 0 spiro atoms. The molecule has 0 saturated carbocycles. The van der Waals surface area contributed by atoms with Crippen LogP contribution in [-0.4, -0.2) is 39.7 Å². The highest BCUT2D eigenvalue weighted by molar-refractivity contribution is 6.36. The zero-order valence-corrected chi connectivity index (χ0v) is 24.5. The van der Waals surface area contributed by atoms with Crippen molar-refractivity contribution >= 4 is 34.9 Å². The highest BCUT2D eigenvalue weighted by Crippen LogP contribution is 2.45. The lowest BCUT2D eigenvalue weighted by Crippen LogP contribution is -2.41. The number of hydrogen-bond acceptors (Lipinski definition) is 3. The number of halogens is 2. The lowest BCUT2D eigenvalue weighted by molar-refractivity contribution is 0.217. The van der Waals surface area contributed by atoms with Gasteiger partial charge in [-0.25, -0.2) is 9.78 Å². The first-order valence-electron chi connectivity index (χ1n) is 13.9. The summed E-state index contributed by atoms with van der Waals surface area (Å²) in [7, 11) is 0. The summed E-state index contributed by atoms with van der Waals surface area (Å²) in [6.07, 6.45) is 1.91. The topological polar surface area (TPSA) is 50.6 Å². The number of imidazole rings is 1. The Hall–Kier alpha value is -4.26. The fourth-order valence-corrected chi connectivity index (χ4v) is 6.94. The summed E-state index contributed by atoms with van der Waals surface area (Å²) in [5, 5.41) is 0.860. The number of carbonyl (C=O) groups is 1. The zero-order valence-electron chi connectivity index (χ0n) is 23.0. The van der Waals surface area contributed by atoms with E-state index < -0.39 is 5.54 Å². The molecule has 0 N–H and O–H groups in total. The number of ether oxygens (including phenoxy) is 1. The largest absolute Gasteiger partial charge is 0.488 e. The Morgan fingerprint density at radius 3 is 2.02 bits per heavy atom. The molecule has 0 bridgehead atoms. The molecule has 2 amide bonds. The van der Waals surface area contributed by atoms with Gasteiger partial charge in [0.25, 0.3) is 0 Å². The SMILES string of the molecule is Cc1c(CN2CC3COc4c(Cl)cc(Cl)cc4N3C2=O)ncn1C(c1ccccc1)(c1ccccc1)c1ccccc1. The summed E-state index contributed by atoms with van der Waals surface area (Å²) in [4.78, 5) is 22.3. The predicted molar refractivity (Wildman–Crippen MR) is 166 cm³/mol. The molecule has 1 unspecified atom stereocenters. The van der Waals surface area contributed by atoms with E-state index in [0.29, 0.717) is 41.2 Å². The van der Waals surface area contributed by atoms with Gasteiger partial charge in [0.2, 0.25) is 0 Å². The van der Waals surface area contributed by atoms with Gasteiger partial charge in [0.05, 0.1) is 35.3 Å². The van der Waals surface area contributed by atoms with E-state index in [2.05, 4.69) is 84.3 Å². The number of carbonyl (C=O) groups excluding carboxylic acids is 1. The maximum Gasteiger partial charge on any atom is 0.325 e. The Balaban J connectivity index is 1.31. The van der Waals surface area contributed by atoms with Gasteiger partial charge in [-0.1, -0.05) is 114 Å². The van der Waals surface area contributed by atoms with Gasteiger partial charge in [0.15, 0.2) is 5.75 Å². The first kappa shape index (κ1) is 26.6. The fourth-order valence-electron chi connectivity index (χ4n) is 6.41. The molecule has 1 aromatic heterocycles. The Labute approximate surface area is 254 Å². The monoisotopic (exact) mass is 594 g/mol. The minimum absolute atomic E-state index is 0.114. The number of hydrogen-bond donors (Lipinski definition) is 0. The van der Waals surface area contributed by atoms with Crippen molar-refractivity contribution < 1.29 is 9.53 Å². The molecule has 210 valence electrons. The number of fused-ring (bicyclic) bond motifs is 3. The predicted octanol–water partition coefficient (Wildman–Crippen LogP) is 7.54. The van der Waals surface area contributed by atoms with Gasteiger partial charge in [-0.2, -0.15) is 0 Å². The van der Waals surface area contributed by atoms with Crippen molar-refractivity contribution in [3.8, 4) is 5.75 Å². The van der Waals surface area contributed by atoms with Crippen LogP contribution in [0.2, 0.25) is 10.0 Å². The van der Waals surface area contributed by atoms with Gasteiger partial charge in [-0.15, -0.1) is 0 Å². The maximum absolute atomic E-state index is 13.8. The molecule has 8 heteroatoms. The van der Waals surface area contributed by atoms with Gasteiger partial charge in [0, 0.05) is 17.3 Å². The van der Waals surface area contributed by atoms with Gasteiger partial charge < -0.3 is 14.2 Å². The Bertz CT molecular complexity index is 1660. The van der Waals surface area contributed by atoms with Gasteiger partial charge in [-0.05, 0) is 35.7 Å². The van der Waals surface area contributed by atoms with Crippen molar-refractivity contribution in [2.45, 2.75) is 25.0 Å². The van der Waals surface area contributed by atoms with Crippen LogP contribution in [0.5, 0.6) is 5.75 Å². The highest BCUT2D eigenvalue weighted by atomic mass is 35.5. The van der Waals surface area contributed by atoms with Crippen molar-refractivity contribution in [1.82, 2.24) is 14.5 Å². The van der Waals surface area contributed by atoms with E-state index in [9.17, 15) is 4.79 Å². The van der Waals surface area contributed by atoms with Crippen LogP contribution in [0.25, 0.3) is 0 Å². The van der Waals surface area contributed by atoms with Gasteiger partial charge in [-0.3, -0.25) is 4.90 Å². The molecule has 0 radical (unpaired) electrons. The lowest BCUT2D eigenvalue weighted by Gasteiger charge is -2.38. The van der Waals surface area contributed by atoms with Crippen LogP contribution >= 0.6 is 23.2 Å². The molecule has 2 aliphatic heterocycles. The average Bonchev–Trinajstić information content (AvgIpc) is 3.54. The summed E-state index contributed by atoms with van der Waals surface area (Å²) < 4.78 is 8.20. The number of urea groups is 1. The fraction of sp³-hybridized carbons (Fsp3) is 0.176. The molecule has 0 aliphatic carbocycles. The summed E-state index contributed by atoms with van der Waals surface area (Å²) in [6.45, 7) is 3.32. The molecule has 6 nitrogen and oxygen atoms in total. The molecule has 1 atom stereocenters. The Morgan fingerprint density at radius 2 is 1.45 bits per heavy atom. The summed E-state index contributed by atoms with van der Waals surface area (Å²) in [6, 6.07) is 34.6. The minimum Gasteiger partial charge on any atom is -0.488 e. The third-order valence-electron chi connectivity index (χ3n) is 8.33. The van der Waals surface area contributed by atoms with Gasteiger partial charge in [0.1, 0.15) is 12.1 Å². The maximum atomic E-state index is 13.8. The smallest absolute Gasteiger partial charge is 0.325 e. The number of anilines is 1. The van der Waals surface area contributed by atoms with E-state index in [-0.39, 0.29) is 12.1 Å². The van der Waals surface area contributed by atoms with Crippen molar-refractivity contribution in [1.29, 1.82) is 0 Å². The van der Waals surface area contributed by atoms with Crippen molar-refractivity contribution in [2.75, 3.05) is 18.1 Å². The first-order valence-corrected chi connectivity index (χ1v) is 14.6. The minimum atomic E-state index is -0.675. The first-order chi connectivity index (χ1) is 20.5. The van der Waals surface area contributed by atoms with E-state index >= 15 is 0 Å². The quantitative estimate of drug-likeness (QED) is 0.191. The molecule has 1 fully saturated rings. The second-order valence-electron chi connectivity index (χ2n) is 10.7. The molecular weight excluding hydrogens is 567 g/mol. The van der Waals surface area contributed by atoms with E-state index in [0.717, 1.165) is 28.1 Å². The third kappa shape index (κ3) is 4.17. The Morgan fingerprint density at radius 1 is 0.881 bits per heavy atom. The normalized spacial score (nSPS) is 16.3. The van der Waals surface area contributed by atoms with E-state index in [4.69, 9.17) is 32.9 Å². The van der Waals surface area contributed by atoms with Crippen LogP contribution in [0.3, 0.4) is 0 Å². The van der Waals surface area contributed by atoms with Crippen LogP contribution in [-0.2, 0) is 12.1 Å². The lowest BCUT2D eigenvalue weighted by atomic mass is 9.76. The molecule has 42 heavy (non-hydrogen) atoms. The van der Waals surface area contributed by atoms with Crippen LogP contribution in [0.1, 0.15) is 28.1 Å². The molecule has 5 aromatic rings. The summed E-state index contributed by atoms with van der Waals surface area (Å²) >= 11 is 12.7. The third-order valence-corrected chi connectivity index (χ3v) is 8.82. The number of amides is 2. The van der Waals surface area contributed by atoms with Crippen LogP contribution in [0, 0.1) is 6.92 Å². The van der Waals surface area contributed by atoms with Crippen LogP contribution in [0.15, 0.2) is 109 Å². The Kier molecular flexibility index (Phi) is 6.68. The molecule has 4 aromatic carbocycles. The van der Waals surface area contributed by atoms with Crippen molar-refractivity contribution in [3.05, 3.63) is 148 Å². The molecule has 7 rings (SSSR count). The molecule has 1 saturated heterocycles. The number of aromatic nitrogens is 2. The van der Waals surface area contributed by atoms with Crippen LogP contribution in [0.4, 0.5) is 10.5 Å². The van der Waals surface area contributed by atoms with Crippen molar-refractivity contribution in [2.24, 2.45) is 0 Å². The standard InChI is InChI=1S/C34H28Cl2N4O2/c1-23-30(20-38-19-28-21-42-32-29(36)17-27(35)18-31(32)40(28)33(38)41)37-22-39(23)34(24-11-5-2-6-12-24,25-13-7-3-8-14-25)26-15-9-4-10-16-26/h2-18,22,28H,19-21H2,1H3. The molecule has 3 heterocycles. The zero-order chi connectivity index (χ0) is 28.8.